The molecule has 0 aliphatic heterocycles. The number of benzene rings is 2. The second-order valence-electron chi connectivity index (χ2n) is 4.03. The van der Waals surface area contributed by atoms with Gasteiger partial charge in [0.25, 0.3) is 0 Å². The summed E-state index contributed by atoms with van der Waals surface area (Å²) < 4.78 is 0. The molecule has 1 N–H and O–H groups in total. The van der Waals surface area contributed by atoms with E-state index in [0.29, 0.717) is 0 Å². The molecule has 3 rings (SSSR count). The summed E-state index contributed by atoms with van der Waals surface area (Å²) in [5, 5.41) is 7.60. The third kappa shape index (κ3) is 2.48. The van der Waals surface area contributed by atoms with Gasteiger partial charge in [0, 0.05) is 6.08 Å². The van der Waals surface area contributed by atoms with Gasteiger partial charge in [-0.15, -0.1) is 0 Å². The smallest absolute Gasteiger partial charge is 0.327 e. The first kappa shape index (κ1) is 12.1. The molecule has 0 bridgehead atoms. The van der Waals surface area contributed by atoms with Crippen molar-refractivity contribution in [3.05, 3.63) is 72.3 Å². The molecule has 0 heterocycles. The number of carbonyl (C=O) groups is 1. The van der Waals surface area contributed by atoms with Crippen LogP contribution in [0.2, 0.25) is 0 Å². The molecule has 0 atom stereocenters. The molecule has 1 aliphatic rings. The summed E-state index contributed by atoms with van der Waals surface area (Å²) in [7, 11) is 0. The van der Waals surface area contributed by atoms with Crippen LogP contribution in [0.3, 0.4) is 0 Å². The third-order valence-corrected chi connectivity index (χ3v) is 2.88. The Morgan fingerprint density at radius 3 is 1.78 bits per heavy atom. The lowest BCUT2D eigenvalue weighted by atomic mass is 10.1. The van der Waals surface area contributed by atoms with Gasteiger partial charge >= 0.3 is 5.97 Å². The van der Waals surface area contributed by atoms with Crippen molar-refractivity contribution in [3.63, 3.8) is 0 Å². The molecule has 1 aliphatic carbocycles. The summed E-state index contributed by atoms with van der Waals surface area (Å²) in [6.07, 6.45) is 1.94. The molecule has 0 fully saturated rings. The molecule has 2 aromatic rings. The van der Waals surface area contributed by atoms with Gasteiger partial charge in [-0.2, -0.15) is 0 Å². The molecule has 0 saturated heterocycles. The van der Waals surface area contributed by atoms with E-state index >= 15 is 0 Å². The summed E-state index contributed by atoms with van der Waals surface area (Å²) in [5.41, 5.74) is 5.75. The monoisotopic (exact) mass is 238 g/mol. The van der Waals surface area contributed by atoms with Crippen molar-refractivity contribution in [2.45, 2.75) is 6.42 Å². The predicted octanol–water partition coefficient (Wildman–Crippen LogP) is 3.51. The second kappa shape index (κ2) is 5.32. The largest absolute Gasteiger partial charge is 0.478 e. The van der Waals surface area contributed by atoms with E-state index < -0.39 is 5.97 Å². The lowest BCUT2D eigenvalue weighted by molar-refractivity contribution is -0.131. The summed E-state index contributed by atoms with van der Waals surface area (Å²) in [6, 6.07) is 17.3. The highest BCUT2D eigenvalue weighted by Gasteiger charge is 2.15. The number of carboxylic acid groups (broad SMARTS) is 1. The molecular weight excluding hydrogens is 224 g/mol. The summed E-state index contributed by atoms with van der Waals surface area (Å²) >= 11 is 0. The highest BCUT2D eigenvalue weighted by molar-refractivity contribution is 5.78. The molecule has 0 radical (unpaired) electrons. The van der Waals surface area contributed by atoms with E-state index in [1.165, 1.54) is 22.3 Å². The minimum Gasteiger partial charge on any atom is -0.478 e. The Hall–Kier alpha value is -2.35. The van der Waals surface area contributed by atoms with Gasteiger partial charge in [0.2, 0.25) is 0 Å². The van der Waals surface area contributed by atoms with Crippen LogP contribution in [0.1, 0.15) is 11.1 Å². The maximum absolute atomic E-state index is 9.25. The molecule has 0 saturated carbocycles. The maximum atomic E-state index is 9.25. The Morgan fingerprint density at radius 2 is 1.39 bits per heavy atom. The molecule has 2 aromatic carbocycles. The fourth-order valence-corrected chi connectivity index (χ4v) is 2.08. The van der Waals surface area contributed by atoms with Crippen molar-refractivity contribution in [2.75, 3.05) is 0 Å². The highest BCUT2D eigenvalue weighted by atomic mass is 16.4. The van der Waals surface area contributed by atoms with Crippen molar-refractivity contribution in [2.24, 2.45) is 0 Å². The Bertz CT molecular complexity index is 542. The van der Waals surface area contributed by atoms with Gasteiger partial charge in [-0.25, -0.2) is 4.79 Å². The average molecular weight is 238 g/mol. The molecule has 0 amide bonds. The van der Waals surface area contributed by atoms with E-state index in [9.17, 15) is 4.79 Å². The number of rotatable bonds is 1. The zero-order valence-corrected chi connectivity index (χ0v) is 9.97. The number of aliphatic carboxylic acids is 1. The van der Waals surface area contributed by atoms with E-state index in [-0.39, 0.29) is 0 Å². The van der Waals surface area contributed by atoms with Crippen LogP contribution in [-0.2, 0) is 11.2 Å². The first-order valence-electron chi connectivity index (χ1n) is 5.74. The Labute approximate surface area is 106 Å². The van der Waals surface area contributed by atoms with E-state index in [1.807, 2.05) is 0 Å². The van der Waals surface area contributed by atoms with Crippen molar-refractivity contribution < 1.29 is 9.90 Å². The van der Waals surface area contributed by atoms with Gasteiger partial charge in [0.1, 0.15) is 0 Å². The predicted molar refractivity (Wildman–Crippen MR) is 72.5 cm³/mol. The highest BCUT2D eigenvalue weighted by Crippen LogP contribution is 2.35. The van der Waals surface area contributed by atoms with Gasteiger partial charge in [-0.05, 0) is 28.7 Å². The molecule has 0 aromatic heterocycles. The minimum absolute atomic E-state index is 0.833. The lowest BCUT2D eigenvalue weighted by Gasteiger charge is -1.98. The second-order valence-corrected chi connectivity index (χ2v) is 4.03. The molecule has 18 heavy (non-hydrogen) atoms. The molecular formula is C16H14O2. The lowest BCUT2D eigenvalue weighted by Crippen LogP contribution is -1.82. The molecule has 2 heteroatoms. The van der Waals surface area contributed by atoms with Crippen molar-refractivity contribution >= 4 is 5.97 Å². The molecule has 0 unspecified atom stereocenters. The molecule has 0 spiro atoms. The summed E-state index contributed by atoms with van der Waals surface area (Å²) in [6.45, 7) is 2.96. The number of hydrogen-bond donors (Lipinski definition) is 1. The van der Waals surface area contributed by atoms with E-state index in [0.717, 1.165) is 12.5 Å². The van der Waals surface area contributed by atoms with Crippen molar-refractivity contribution in [1.29, 1.82) is 0 Å². The van der Waals surface area contributed by atoms with Crippen molar-refractivity contribution in [1.82, 2.24) is 0 Å². The SMILES string of the molecule is C=CC(=O)O.c1ccc2c(c1)Cc1ccccc1-2. The van der Waals surface area contributed by atoms with Gasteiger partial charge in [-0.3, -0.25) is 0 Å². The van der Waals surface area contributed by atoms with Gasteiger partial charge in [-0.1, -0.05) is 55.1 Å². The average Bonchev–Trinajstić information content (AvgIpc) is 2.78. The normalized spacial score (nSPS) is 10.7. The standard InChI is InChI=1S/C13H10.C3H4O2/c1-3-7-12-10(5-1)9-11-6-2-4-8-13(11)12;1-2-3(4)5/h1-8H,9H2;2H,1H2,(H,4,5). The maximum Gasteiger partial charge on any atom is 0.327 e. The van der Waals surface area contributed by atoms with Gasteiger partial charge < -0.3 is 5.11 Å². The minimum atomic E-state index is -0.981. The van der Waals surface area contributed by atoms with Crippen LogP contribution in [0.25, 0.3) is 11.1 Å². The molecule has 90 valence electrons. The van der Waals surface area contributed by atoms with Crippen LogP contribution in [0.15, 0.2) is 61.2 Å². The first-order chi connectivity index (χ1) is 8.72. The zero-order chi connectivity index (χ0) is 13.0. The molecule has 2 nitrogen and oxygen atoms in total. The van der Waals surface area contributed by atoms with Crippen LogP contribution in [0.5, 0.6) is 0 Å². The Morgan fingerprint density at radius 1 is 1.00 bits per heavy atom. The van der Waals surface area contributed by atoms with E-state index in [2.05, 4.69) is 55.1 Å². The zero-order valence-electron chi connectivity index (χ0n) is 9.97. The van der Waals surface area contributed by atoms with Crippen molar-refractivity contribution in [3.8, 4) is 11.1 Å². The van der Waals surface area contributed by atoms with Crippen LogP contribution < -0.4 is 0 Å². The van der Waals surface area contributed by atoms with Crippen LogP contribution in [0, 0.1) is 0 Å². The fourth-order valence-electron chi connectivity index (χ4n) is 2.08. The summed E-state index contributed by atoms with van der Waals surface area (Å²) in [5.74, 6) is -0.981. The van der Waals surface area contributed by atoms with Crippen LogP contribution in [0.4, 0.5) is 0 Å². The number of fused-ring (bicyclic) bond motifs is 3. The van der Waals surface area contributed by atoms with Crippen LogP contribution >= 0.6 is 0 Å². The van der Waals surface area contributed by atoms with Gasteiger partial charge in [0.05, 0.1) is 0 Å². The quantitative estimate of drug-likeness (QED) is 0.659. The van der Waals surface area contributed by atoms with E-state index in [4.69, 9.17) is 5.11 Å². The summed E-state index contributed by atoms with van der Waals surface area (Å²) in [4.78, 5) is 9.25. The first-order valence-corrected chi connectivity index (χ1v) is 5.74. The van der Waals surface area contributed by atoms with Gasteiger partial charge in [0.15, 0.2) is 0 Å². The fraction of sp³-hybridized carbons (Fsp3) is 0.0625. The topological polar surface area (TPSA) is 37.3 Å². The number of hydrogen-bond acceptors (Lipinski definition) is 1. The van der Waals surface area contributed by atoms with E-state index in [1.54, 1.807) is 0 Å². The number of carboxylic acids is 1. The van der Waals surface area contributed by atoms with Crippen LogP contribution in [-0.4, -0.2) is 11.1 Å². The third-order valence-electron chi connectivity index (χ3n) is 2.88. The Balaban J connectivity index is 0.000000209. The Kier molecular flexibility index (Phi) is 3.58.